The van der Waals surface area contributed by atoms with E-state index in [0.717, 1.165) is 23.5 Å². The molecule has 5 heteroatoms. The third-order valence-electron chi connectivity index (χ3n) is 6.42. The van der Waals surface area contributed by atoms with Gasteiger partial charge in [0.2, 0.25) is 0 Å². The lowest BCUT2D eigenvalue weighted by molar-refractivity contribution is -0.116. The monoisotopic (exact) mass is 426 g/mol. The van der Waals surface area contributed by atoms with Crippen LogP contribution >= 0.6 is 0 Å². The van der Waals surface area contributed by atoms with E-state index in [2.05, 4.69) is 41.8 Å². The molecule has 0 radical (unpaired) electrons. The quantitative estimate of drug-likeness (QED) is 0.502. The number of carbonyl (C=O) groups excluding carboxylic acids is 1. The zero-order chi connectivity index (χ0) is 22.2. The molecule has 0 bridgehead atoms. The van der Waals surface area contributed by atoms with Gasteiger partial charge in [0.1, 0.15) is 0 Å². The second-order valence-corrected chi connectivity index (χ2v) is 8.48. The van der Waals surface area contributed by atoms with E-state index < -0.39 is 6.04 Å². The van der Waals surface area contributed by atoms with Crippen LogP contribution in [-0.4, -0.2) is 18.0 Å². The van der Waals surface area contributed by atoms with Gasteiger partial charge in [-0.2, -0.15) is 0 Å². The Kier molecular flexibility index (Phi) is 5.10. The van der Waals surface area contributed by atoms with Crippen molar-refractivity contribution in [2.75, 3.05) is 17.7 Å². The van der Waals surface area contributed by atoms with Crippen molar-refractivity contribution in [3.8, 4) is 11.5 Å². The van der Waals surface area contributed by atoms with Crippen molar-refractivity contribution < 1.29 is 14.6 Å². The zero-order valence-electron chi connectivity index (χ0n) is 18.2. The Labute approximate surface area is 187 Å². The third-order valence-corrected chi connectivity index (χ3v) is 6.42. The highest BCUT2D eigenvalue weighted by Gasteiger charge is 2.37. The maximum atomic E-state index is 13.6. The standard InChI is InChI=1S/C27H26N2O3/c1-16-10-12-17(13-11-16)18-14-22-25(23(30)15-18)26(19-6-5-9-24(32-2)27(19)31)29-21-8-4-3-7-20(21)28-22/h3-13,18,26,28-29,31H,14-15H2,1-2H3/t18-,26+/m0/s1. The number of phenolic OH excluding ortho intramolecular Hbond substituents is 1. The van der Waals surface area contributed by atoms with Crippen LogP contribution < -0.4 is 15.4 Å². The van der Waals surface area contributed by atoms with Crippen molar-refractivity contribution in [3.63, 3.8) is 0 Å². The summed E-state index contributed by atoms with van der Waals surface area (Å²) in [5.74, 6) is 0.626. The van der Waals surface area contributed by atoms with Crippen LogP contribution in [0.4, 0.5) is 11.4 Å². The van der Waals surface area contributed by atoms with Crippen LogP contribution in [0.3, 0.4) is 0 Å². The Hall–Kier alpha value is -3.73. The molecule has 3 N–H and O–H groups in total. The summed E-state index contributed by atoms with van der Waals surface area (Å²) >= 11 is 0. The van der Waals surface area contributed by atoms with Crippen LogP contribution in [0.1, 0.15) is 41.5 Å². The molecule has 0 amide bonds. The first kappa shape index (κ1) is 20.2. The first-order chi connectivity index (χ1) is 15.5. The van der Waals surface area contributed by atoms with Crippen molar-refractivity contribution in [1.82, 2.24) is 0 Å². The number of hydrogen-bond acceptors (Lipinski definition) is 5. The minimum atomic E-state index is -0.484. The number of rotatable bonds is 3. The number of phenols is 1. The van der Waals surface area contributed by atoms with E-state index in [1.807, 2.05) is 36.4 Å². The van der Waals surface area contributed by atoms with Crippen LogP contribution in [0.2, 0.25) is 0 Å². The average Bonchev–Trinajstić information content (AvgIpc) is 2.96. The van der Waals surface area contributed by atoms with E-state index >= 15 is 0 Å². The number of ether oxygens (including phenoxy) is 1. The largest absolute Gasteiger partial charge is 0.504 e. The minimum Gasteiger partial charge on any atom is -0.504 e. The first-order valence-corrected chi connectivity index (χ1v) is 10.9. The number of allylic oxidation sites excluding steroid dienone is 1. The lowest BCUT2D eigenvalue weighted by atomic mass is 9.78. The number of aromatic hydroxyl groups is 1. The molecule has 0 saturated heterocycles. The number of ketones is 1. The van der Waals surface area contributed by atoms with Gasteiger partial charge in [-0.1, -0.05) is 54.1 Å². The van der Waals surface area contributed by atoms with Crippen molar-refractivity contribution in [1.29, 1.82) is 0 Å². The fraction of sp³-hybridized carbons (Fsp3) is 0.222. The molecule has 0 fully saturated rings. The second kappa shape index (κ2) is 8.08. The molecule has 1 heterocycles. The maximum absolute atomic E-state index is 13.6. The maximum Gasteiger partial charge on any atom is 0.163 e. The van der Waals surface area contributed by atoms with Gasteiger partial charge in [0.25, 0.3) is 0 Å². The molecular formula is C27H26N2O3. The topological polar surface area (TPSA) is 70.6 Å². The Morgan fingerprint density at radius 1 is 0.938 bits per heavy atom. The Bertz CT molecular complexity index is 1210. The summed E-state index contributed by atoms with van der Waals surface area (Å²) in [7, 11) is 1.53. The fourth-order valence-electron chi connectivity index (χ4n) is 4.74. The molecule has 2 atom stereocenters. The summed E-state index contributed by atoms with van der Waals surface area (Å²) in [6.45, 7) is 2.07. The molecule has 0 aromatic heterocycles. The van der Waals surface area contributed by atoms with Crippen molar-refractivity contribution >= 4 is 17.2 Å². The van der Waals surface area contributed by atoms with Gasteiger partial charge in [-0.3, -0.25) is 4.79 Å². The normalized spacial score (nSPS) is 19.9. The van der Waals surface area contributed by atoms with E-state index in [1.165, 1.54) is 18.2 Å². The predicted molar refractivity (Wildman–Crippen MR) is 126 cm³/mol. The van der Waals surface area contributed by atoms with Gasteiger partial charge in [-0.25, -0.2) is 0 Å². The molecule has 2 aliphatic rings. The first-order valence-electron chi connectivity index (χ1n) is 10.9. The van der Waals surface area contributed by atoms with Gasteiger partial charge in [0.15, 0.2) is 17.3 Å². The molecule has 162 valence electrons. The summed E-state index contributed by atoms with van der Waals surface area (Å²) in [4.78, 5) is 13.6. The molecule has 5 rings (SSSR count). The number of methoxy groups -OCH3 is 1. The number of aryl methyl sites for hydroxylation is 1. The van der Waals surface area contributed by atoms with Crippen LogP contribution in [0.25, 0.3) is 0 Å². The van der Waals surface area contributed by atoms with Gasteiger partial charge in [-0.05, 0) is 43.0 Å². The third kappa shape index (κ3) is 3.50. The SMILES string of the molecule is COc1cccc([C@H]2Nc3ccccc3NC3=C2C(=O)C[C@@H](c2ccc(C)cc2)C3)c1O. The molecule has 3 aromatic carbocycles. The van der Waals surface area contributed by atoms with E-state index in [0.29, 0.717) is 23.3 Å². The number of nitrogens with one attached hydrogen (secondary N) is 2. The summed E-state index contributed by atoms with van der Waals surface area (Å²) in [5, 5.41) is 17.9. The molecule has 32 heavy (non-hydrogen) atoms. The van der Waals surface area contributed by atoms with E-state index in [-0.39, 0.29) is 17.5 Å². The lowest BCUT2D eigenvalue weighted by Crippen LogP contribution is -2.27. The number of carbonyl (C=O) groups is 1. The van der Waals surface area contributed by atoms with Gasteiger partial charge >= 0.3 is 0 Å². The van der Waals surface area contributed by atoms with E-state index in [4.69, 9.17) is 4.74 Å². The predicted octanol–water partition coefficient (Wildman–Crippen LogP) is 5.69. The van der Waals surface area contributed by atoms with E-state index in [1.54, 1.807) is 6.07 Å². The average molecular weight is 427 g/mol. The molecular weight excluding hydrogens is 400 g/mol. The summed E-state index contributed by atoms with van der Waals surface area (Å²) in [5.41, 5.74) is 6.37. The van der Waals surface area contributed by atoms with Gasteiger partial charge in [0, 0.05) is 23.3 Å². The van der Waals surface area contributed by atoms with Crippen molar-refractivity contribution in [2.24, 2.45) is 0 Å². The number of Topliss-reactive ketones (excluding diaryl/α,β-unsaturated/α-hetero) is 1. The fourth-order valence-corrected chi connectivity index (χ4v) is 4.74. The number of anilines is 2. The minimum absolute atomic E-state index is 0.0483. The van der Waals surface area contributed by atoms with Gasteiger partial charge < -0.3 is 20.5 Å². The van der Waals surface area contributed by atoms with Gasteiger partial charge in [0.05, 0.1) is 24.5 Å². The molecule has 1 aliphatic carbocycles. The molecule has 0 unspecified atom stereocenters. The van der Waals surface area contributed by atoms with Crippen molar-refractivity contribution in [2.45, 2.75) is 31.7 Å². The Morgan fingerprint density at radius 3 is 2.44 bits per heavy atom. The van der Waals surface area contributed by atoms with Crippen LogP contribution in [0.5, 0.6) is 11.5 Å². The van der Waals surface area contributed by atoms with Gasteiger partial charge in [-0.15, -0.1) is 0 Å². The highest BCUT2D eigenvalue weighted by molar-refractivity contribution is 6.01. The summed E-state index contributed by atoms with van der Waals surface area (Å²) in [6.07, 6.45) is 1.16. The molecule has 0 spiro atoms. The second-order valence-electron chi connectivity index (χ2n) is 8.48. The zero-order valence-corrected chi connectivity index (χ0v) is 18.2. The lowest BCUT2D eigenvalue weighted by Gasteiger charge is -2.30. The number of para-hydroxylation sites is 3. The Balaban J connectivity index is 1.63. The molecule has 3 aromatic rings. The smallest absolute Gasteiger partial charge is 0.163 e. The highest BCUT2D eigenvalue weighted by Crippen LogP contribution is 2.46. The molecule has 0 saturated carbocycles. The van der Waals surface area contributed by atoms with Crippen molar-refractivity contribution in [3.05, 3.63) is 94.7 Å². The molecule has 1 aliphatic heterocycles. The number of benzene rings is 3. The summed E-state index contributed by atoms with van der Waals surface area (Å²) in [6, 6.07) is 21.2. The van der Waals surface area contributed by atoms with Crippen LogP contribution in [-0.2, 0) is 4.79 Å². The number of hydrogen-bond donors (Lipinski definition) is 3. The Morgan fingerprint density at radius 2 is 1.69 bits per heavy atom. The summed E-state index contributed by atoms with van der Waals surface area (Å²) < 4.78 is 5.33. The van der Waals surface area contributed by atoms with E-state index in [9.17, 15) is 9.90 Å². The molecule has 5 nitrogen and oxygen atoms in total. The highest BCUT2D eigenvalue weighted by atomic mass is 16.5. The number of fused-ring (bicyclic) bond motifs is 1. The van der Waals surface area contributed by atoms with Crippen LogP contribution in [0, 0.1) is 6.92 Å². The van der Waals surface area contributed by atoms with Crippen LogP contribution in [0.15, 0.2) is 78.0 Å².